The van der Waals surface area contributed by atoms with E-state index in [1.54, 1.807) is 18.2 Å². The van der Waals surface area contributed by atoms with Crippen LogP contribution in [0, 0.1) is 0 Å². The van der Waals surface area contributed by atoms with Crippen molar-refractivity contribution in [1.29, 1.82) is 0 Å². The molecule has 86 valence electrons. The molecule has 0 unspecified atom stereocenters. The van der Waals surface area contributed by atoms with E-state index >= 15 is 0 Å². The quantitative estimate of drug-likeness (QED) is 0.935. The second kappa shape index (κ2) is 5.15. The Labute approximate surface area is 108 Å². The molecule has 2 nitrogen and oxygen atoms in total. The summed E-state index contributed by atoms with van der Waals surface area (Å²) in [4.78, 5) is 10.9. The summed E-state index contributed by atoms with van der Waals surface area (Å²) in [6.07, 6.45) is 0.737. The Bertz CT molecular complexity index is 549. The molecule has 0 aliphatic heterocycles. The second-order valence-electron chi connectivity index (χ2n) is 3.81. The topological polar surface area (TPSA) is 37.3 Å². The van der Waals surface area contributed by atoms with Gasteiger partial charge in [-0.1, -0.05) is 40.2 Å². The third-order valence-corrected chi connectivity index (χ3v) is 2.96. The van der Waals surface area contributed by atoms with Gasteiger partial charge in [0.15, 0.2) is 0 Å². The molecule has 1 N–H and O–H groups in total. The molecule has 0 heterocycles. The SMILES string of the molecule is O=C(O)c1cccc(Cc2cccc(Br)c2)c1. The van der Waals surface area contributed by atoms with E-state index in [4.69, 9.17) is 5.11 Å². The number of carbonyl (C=O) groups is 1. The molecule has 17 heavy (non-hydrogen) atoms. The minimum Gasteiger partial charge on any atom is -0.478 e. The first-order valence-corrected chi connectivity index (χ1v) is 6.01. The number of halogens is 1. The summed E-state index contributed by atoms with van der Waals surface area (Å²) < 4.78 is 1.03. The predicted molar refractivity (Wildman–Crippen MR) is 70.3 cm³/mol. The van der Waals surface area contributed by atoms with Crippen LogP contribution in [0.2, 0.25) is 0 Å². The van der Waals surface area contributed by atoms with E-state index in [1.165, 1.54) is 0 Å². The number of carboxylic acid groups (broad SMARTS) is 1. The van der Waals surface area contributed by atoms with E-state index in [0.717, 1.165) is 22.0 Å². The number of hydrogen-bond acceptors (Lipinski definition) is 1. The highest BCUT2D eigenvalue weighted by Gasteiger charge is 2.03. The van der Waals surface area contributed by atoms with Crippen LogP contribution in [0.5, 0.6) is 0 Å². The van der Waals surface area contributed by atoms with Gasteiger partial charge < -0.3 is 5.11 Å². The molecule has 2 rings (SSSR count). The Kier molecular flexibility index (Phi) is 3.59. The van der Waals surface area contributed by atoms with Crippen LogP contribution in [0.15, 0.2) is 53.0 Å². The average molecular weight is 291 g/mol. The van der Waals surface area contributed by atoms with Crippen molar-refractivity contribution < 1.29 is 9.90 Å². The van der Waals surface area contributed by atoms with Gasteiger partial charge in [-0.05, 0) is 41.8 Å². The molecule has 0 radical (unpaired) electrons. The molecule has 0 saturated carbocycles. The van der Waals surface area contributed by atoms with Crippen LogP contribution in [0.25, 0.3) is 0 Å². The van der Waals surface area contributed by atoms with Crippen molar-refractivity contribution in [3.63, 3.8) is 0 Å². The molecule has 3 heteroatoms. The molecule has 0 amide bonds. The van der Waals surface area contributed by atoms with Crippen LogP contribution >= 0.6 is 15.9 Å². The predicted octanol–water partition coefficient (Wildman–Crippen LogP) is 3.74. The molecule has 0 aliphatic carbocycles. The first-order chi connectivity index (χ1) is 8.15. The second-order valence-corrected chi connectivity index (χ2v) is 4.73. The Morgan fingerprint density at radius 1 is 1.06 bits per heavy atom. The highest BCUT2D eigenvalue weighted by molar-refractivity contribution is 9.10. The summed E-state index contributed by atoms with van der Waals surface area (Å²) in [6, 6.07) is 15.0. The molecule has 0 aromatic heterocycles. The minimum absolute atomic E-state index is 0.331. The molecule has 0 bridgehead atoms. The summed E-state index contributed by atoms with van der Waals surface area (Å²) in [5.41, 5.74) is 2.49. The molecular formula is C14H11BrO2. The lowest BCUT2D eigenvalue weighted by Crippen LogP contribution is -1.97. The van der Waals surface area contributed by atoms with Crippen molar-refractivity contribution in [3.8, 4) is 0 Å². The summed E-state index contributed by atoms with van der Waals surface area (Å²) in [7, 11) is 0. The highest BCUT2D eigenvalue weighted by Crippen LogP contribution is 2.16. The number of carboxylic acids is 1. The van der Waals surface area contributed by atoms with E-state index in [9.17, 15) is 4.79 Å². The van der Waals surface area contributed by atoms with Crippen molar-refractivity contribution >= 4 is 21.9 Å². The summed E-state index contributed by atoms with van der Waals surface area (Å²) in [5.74, 6) is -0.888. The zero-order valence-electron chi connectivity index (χ0n) is 9.06. The summed E-state index contributed by atoms with van der Waals surface area (Å²) in [5, 5.41) is 8.91. The minimum atomic E-state index is -0.888. The van der Waals surface area contributed by atoms with Gasteiger partial charge in [-0.2, -0.15) is 0 Å². The van der Waals surface area contributed by atoms with E-state index < -0.39 is 5.97 Å². The fourth-order valence-electron chi connectivity index (χ4n) is 1.70. The van der Waals surface area contributed by atoms with E-state index in [1.807, 2.05) is 30.3 Å². The van der Waals surface area contributed by atoms with Crippen molar-refractivity contribution in [2.24, 2.45) is 0 Å². The molecule has 0 atom stereocenters. The lowest BCUT2D eigenvalue weighted by molar-refractivity contribution is 0.0697. The van der Waals surface area contributed by atoms with Crippen molar-refractivity contribution in [1.82, 2.24) is 0 Å². The molecule has 2 aromatic rings. The van der Waals surface area contributed by atoms with Crippen LogP contribution in [0.1, 0.15) is 21.5 Å². The van der Waals surface area contributed by atoms with Crippen LogP contribution in [0.3, 0.4) is 0 Å². The maximum atomic E-state index is 10.9. The Hall–Kier alpha value is -1.61. The Morgan fingerprint density at radius 2 is 1.71 bits per heavy atom. The maximum absolute atomic E-state index is 10.9. The lowest BCUT2D eigenvalue weighted by Gasteiger charge is -2.03. The fourth-order valence-corrected chi connectivity index (χ4v) is 2.14. The Morgan fingerprint density at radius 3 is 2.35 bits per heavy atom. The van der Waals surface area contributed by atoms with Gasteiger partial charge in [0.25, 0.3) is 0 Å². The number of benzene rings is 2. The van der Waals surface area contributed by atoms with Gasteiger partial charge in [-0.3, -0.25) is 0 Å². The highest BCUT2D eigenvalue weighted by atomic mass is 79.9. The van der Waals surface area contributed by atoms with E-state index in [0.29, 0.717) is 5.56 Å². The van der Waals surface area contributed by atoms with Crippen LogP contribution in [-0.2, 0) is 6.42 Å². The molecular weight excluding hydrogens is 280 g/mol. The summed E-state index contributed by atoms with van der Waals surface area (Å²) in [6.45, 7) is 0. The average Bonchev–Trinajstić information content (AvgIpc) is 2.29. The number of aromatic carboxylic acids is 1. The normalized spacial score (nSPS) is 10.2. The zero-order valence-corrected chi connectivity index (χ0v) is 10.6. The third kappa shape index (κ3) is 3.17. The fraction of sp³-hybridized carbons (Fsp3) is 0.0714. The van der Waals surface area contributed by atoms with E-state index in [2.05, 4.69) is 15.9 Å². The Balaban J connectivity index is 2.24. The smallest absolute Gasteiger partial charge is 0.335 e. The largest absolute Gasteiger partial charge is 0.478 e. The first-order valence-electron chi connectivity index (χ1n) is 5.22. The number of hydrogen-bond donors (Lipinski definition) is 1. The van der Waals surface area contributed by atoms with Crippen LogP contribution in [0.4, 0.5) is 0 Å². The maximum Gasteiger partial charge on any atom is 0.335 e. The van der Waals surface area contributed by atoms with Gasteiger partial charge in [0.1, 0.15) is 0 Å². The van der Waals surface area contributed by atoms with Crippen molar-refractivity contribution in [2.45, 2.75) is 6.42 Å². The molecule has 0 saturated heterocycles. The third-order valence-electron chi connectivity index (χ3n) is 2.47. The monoisotopic (exact) mass is 290 g/mol. The molecule has 0 spiro atoms. The van der Waals surface area contributed by atoms with Gasteiger partial charge in [-0.15, -0.1) is 0 Å². The van der Waals surface area contributed by atoms with Gasteiger partial charge in [0.05, 0.1) is 5.56 Å². The molecule has 2 aromatic carbocycles. The molecule has 0 fully saturated rings. The van der Waals surface area contributed by atoms with Gasteiger partial charge >= 0.3 is 5.97 Å². The van der Waals surface area contributed by atoms with Crippen molar-refractivity contribution in [2.75, 3.05) is 0 Å². The standard InChI is InChI=1S/C14H11BrO2/c15-13-6-2-4-11(9-13)7-10-3-1-5-12(8-10)14(16)17/h1-6,8-9H,7H2,(H,16,17). The zero-order chi connectivity index (χ0) is 12.3. The first kappa shape index (κ1) is 11.9. The van der Waals surface area contributed by atoms with Gasteiger partial charge in [0, 0.05) is 4.47 Å². The lowest BCUT2D eigenvalue weighted by atomic mass is 10.0. The van der Waals surface area contributed by atoms with Crippen LogP contribution < -0.4 is 0 Å². The molecule has 0 aliphatic rings. The summed E-state index contributed by atoms with van der Waals surface area (Å²) >= 11 is 3.42. The van der Waals surface area contributed by atoms with Crippen LogP contribution in [-0.4, -0.2) is 11.1 Å². The van der Waals surface area contributed by atoms with Gasteiger partial charge in [0.2, 0.25) is 0 Å². The van der Waals surface area contributed by atoms with Crippen molar-refractivity contribution in [3.05, 3.63) is 69.7 Å². The van der Waals surface area contributed by atoms with E-state index in [-0.39, 0.29) is 0 Å². The van der Waals surface area contributed by atoms with Gasteiger partial charge in [-0.25, -0.2) is 4.79 Å². The number of rotatable bonds is 3.